The van der Waals surface area contributed by atoms with E-state index in [0.717, 1.165) is 16.9 Å². The van der Waals surface area contributed by atoms with Gasteiger partial charge in [-0.2, -0.15) is 0 Å². The first-order valence-corrected chi connectivity index (χ1v) is 8.25. The molecular formula is C19H20ClNO4. The predicted molar refractivity (Wildman–Crippen MR) is 95.6 cm³/mol. The Hall–Kier alpha value is -2.53. The number of hydrogen-bond donors (Lipinski definition) is 1. The number of amides is 1. The molecule has 2 aromatic carbocycles. The topological polar surface area (TPSA) is 64.6 Å². The van der Waals surface area contributed by atoms with Gasteiger partial charge in [-0.25, -0.2) is 0 Å². The largest absolute Gasteiger partial charge is 0.496 e. The van der Waals surface area contributed by atoms with E-state index in [0.29, 0.717) is 11.4 Å². The Bertz CT molecular complexity index is 733. The third kappa shape index (κ3) is 6.12. The molecule has 0 saturated carbocycles. The lowest BCUT2D eigenvalue weighted by Gasteiger charge is -2.09. The number of benzene rings is 2. The minimum Gasteiger partial charge on any atom is -0.496 e. The number of halogens is 1. The number of nitrogens with one attached hydrogen (secondary N) is 1. The average Bonchev–Trinajstić information content (AvgIpc) is 2.64. The Labute approximate surface area is 151 Å². The fourth-order valence-electron chi connectivity index (χ4n) is 2.25. The number of hydrogen-bond acceptors (Lipinski definition) is 4. The molecule has 0 radical (unpaired) electrons. The van der Waals surface area contributed by atoms with Gasteiger partial charge in [0.2, 0.25) is 0 Å². The molecule has 0 aromatic heterocycles. The van der Waals surface area contributed by atoms with Gasteiger partial charge in [-0.1, -0.05) is 48.0 Å². The summed E-state index contributed by atoms with van der Waals surface area (Å²) in [5, 5.41) is 3.25. The number of esters is 1. The molecule has 0 heterocycles. The molecule has 0 aliphatic carbocycles. The predicted octanol–water partition coefficient (Wildman–Crippen LogP) is 3.14. The van der Waals surface area contributed by atoms with Crippen molar-refractivity contribution in [2.45, 2.75) is 19.4 Å². The molecule has 2 aromatic rings. The summed E-state index contributed by atoms with van der Waals surface area (Å²) in [7, 11) is 1.58. The highest BCUT2D eigenvalue weighted by Gasteiger charge is 2.10. The van der Waals surface area contributed by atoms with Crippen LogP contribution in [0.2, 0.25) is 5.02 Å². The summed E-state index contributed by atoms with van der Waals surface area (Å²) >= 11 is 6.01. The Morgan fingerprint density at radius 2 is 1.72 bits per heavy atom. The van der Waals surface area contributed by atoms with Crippen LogP contribution in [0.25, 0.3) is 0 Å². The molecule has 2 rings (SSSR count). The van der Waals surface area contributed by atoms with Crippen molar-refractivity contribution in [1.82, 2.24) is 5.32 Å². The van der Waals surface area contributed by atoms with Crippen LogP contribution in [-0.4, -0.2) is 25.6 Å². The summed E-state index contributed by atoms with van der Waals surface area (Å²) in [6.45, 7) is -0.0213. The van der Waals surface area contributed by atoms with Crippen LogP contribution < -0.4 is 10.1 Å². The van der Waals surface area contributed by atoms with E-state index in [2.05, 4.69) is 5.32 Å². The van der Waals surface area contributed by atoms with E-state index in [9.17, 15) is 9.59 Å². The molecule has 25 heavy (non-hydrogen) atoms. The quantitative estimate of drug-likeness (QED) is 0.733. The van der Waals surface area contributed by atoms with Gasteiger partial charge in [0.25, 0.3) is 5.91 Å². The van der Waals surface area contributed by atoms with Crippen molar-refractivity contribution in [2.24, 2.45) is 0 Å². The van der Waals surface area contributed by atoms with Crippen LogP contribution >= 0.6 is 11.6 Å². The van der Waals surface area contributed by atoms with Crippen LogP contribution in [0.15, 0.2) is 48.5 Å². The maximum absolute atomic E-state index is 11.8. The third-order valence-electron chi connectivity index (χ3n) is 3.59. The maximum atomic E-state index is 11.8. The van der Waals surface area contributed by atoms with Gasteiger partial charge >= 0.3 is 5.97 Å². The van der Waals surface area contributed by atoms with E-state index >= 15 is 0 Å². The second kappa shape index (κ2) is 9.69. The Balaban J connectivity index is 1.71. The van der Waals surface area contributed by atoms with E-state index in [1.807, 2.05) is 42.5 Å². The van der Waals surface area contributed by atoms with E-state index < -0.39 is 5.97 Å². The highest BCUT2D eigenvalue weighted by atomic mass is 35.5. The second-order valence-electron chi connectivity index (χ2n) is 5.34. The minimum atomic E-state index is -0.432. The number of para-hydroxylation sites is 1. The average molecular weight is 362 g/mol. The van der Waals surface area contributed by atoms with Crippen LogP contribution in [0.1, 0.15) is 17.5 Å². The Kier molecular flexibility index (Phi) is 7.29. The number of carbonyl (C=O) groups is 2. The van der Waals surface area contributed by atoms with E-state index in [4.69, 9.17) is 21.1 Å². The first kappa shape index (κ1) is 18.8. The van der Waals surface area contributed by atoms with Crippen LogP contribution in [-0.2, 0) is 27.3 Å². The number of carbonyl (C=O) groups excluding carboxylic acids is 2. The van der Waals surface area contributed by atoms with Crippen molar-refractivity contribution < 1.29 is 19.1 Å². The molecule has 0 aliphatic rings. The zero-order chi connectivity index (χ0) is 18.1. The number of rotatable bonds is 8. The van der Waals surface area contributed by atoms with Crippen LogP contribution in [0.3, 0.4) is 0 Å². The van der Waals surface area contributed by atoms with Gasteiger partial charge in [0, 0.05) is 18.0 Å². The van der Waals surface area contributed by atoms with Crippen molar-refractivity contribution in [1.29, 1.82) is 0 Å². The Morgan fingerprint density at radius 1 is 1.04 bits per heavy atom. The fraction of sp³-hybridized carbons (Fsp3) is 0.263. The summed E-state index contributed by atoms with van der Waals surface area (Å²) < 4.78 is 10.2. The van der Waals surface area contributed by atoms with Gasteiger partial charge in [-0.05, 0) is 29.7 Å². The molecule has 0 bridgehead atoms. The summed E-state index contributed by atoms with van der Waals surface area (Å²) in [4.78, 5) is 23.5. The molecule has 6 heteroatoms. The monoisotopic (exact) mass is 361 g/mol. The van der Waals surface area contributed by atoms with Gasteiger partial charge in [0.1, 0.15) is 5.75 Å². The van der Waals surface area contributed by atoms with Crippen LogP contribution in [0, 0.1) is 0 Å². The van der Waals surface area contributed by atoms with E-state index in [-0.39, 0.29) is 25.5 Å². The standard InChI is InChI=1S/C19H20ClNO4/c1-24-17-9-5-3-6-14(17)10-11-19(23)25-13-18(22)21-12-15-7-2-4-8-16(15)20/h2-9H,10-13H2,1H3,(H,21,22). The highest BCUT2D eigenvalue weighted by Crippen LogP contribution is 2.19. The first-order valence-electron chi connectivity index (χ1n) is 7.87. The molecule has 0 unspecified atom stereocenters. The highest BCUT2D eigenvalue weighted by molar-refractivity contribution is 6.31. The summed E-state index contributed by atoms with van der Waals surface area (Å²) in [5.41, 5.74) is 1.73. The number of methoxy groups -OCH3 is 1. The summed E-state index contributed by atoms with van der Waals surface area (Å²) in [6, 6.07) is 14.7. The molecule has 1 N–H and O–H groups in total. The molecule has 5 nitrogen and oxygen atoms in total. The zero-order valence-corrected chi connectivity index (χ0v) is 14.7. The third-order valence-corrected chi connectivity index (χ3v) is 3.96. The second-order valence-corrected chi connectivity index (χ2v) is 5.75. The molecule has 0 fully saturated rings. The molecule has 1 amide bonds. The summed E-state index contributed by atoms with van der Waals surface area (Å²) in [5.74, 6) is -0.0721. The lowest BCUT2D eigenvalue weighted by Crippen LogP contribution is -2.28. The minimum absolute atomic E-state index is 0.179. The normalized spacial score (nSPS) is 10.2. The molecular weight excluding hydrogens is 342 g/mol. The Morgan fingerprint density at radius 3 is 2.44 bits per heavy atom. The van der Waals surface area contributed by atoms with Gasteiger partial charge in [0.05, 0.1) is 7.11 Å². The first-order chi connectivity index (χ1) is 12.1. The fourth-order valence-corrected chi connectivity index (χ4v) is 2.45. The van der Waals surface area contributed by atoms with Gasteiger partial charge < -0.3 is 14.8 Å². The summed E-state index contributed by atoms with van der Waals surface area (Å²) in [6.07, 6.45) is 0.669. The van der Waals surface area contributed by atoms with Crippen molar-refractivity contribution in [3.8, 4) is 5.75 Å². The number of ether oxygens (including phenoxy) is 2. The van der Waals surface area contributed by atoms with Crippen molar-refractivity contribution >= 4 is 23.5 Å². The number of aryl methyl sites for hydroxylation is 1. The van der Waals surface area contributed by atoms with E-state index in [1.54, 1.807) is 13.2 Å². The van der Waals surface area contributed by atoms with Gasteiger partial charge in [-0.3, -0.25) is 9.59 Å². The van der Waals surface area contributed by atoms with Crippen molar-refractivity contribution in [3.05, 3.63) is 64.7 Å². The van der Waals surface area contributed by atoms with Crippen molar-refractivity contribution in [3.63, 3.8) is 0 Å². The molecule has 0 spiro atoms. The van der Waals surface area contributed by atoms with Crippen molar-refractivity contribution in [2.75, 3.05) is 13.7 Å². The molecule has 0 saturated heterocycles. The van der Waals surface area contributed by atoms with Gasteiger partial charge in [-0.15, -0.1) is 0 Å². The van der Waals surface area contributed by atoms with Gasteiger partial charge in [0.15, 0.2) is 6.61 Å². The lowest BCUT2D eigenvalue weighted by molar-refractivity contribution is -0.148. The SMILES string of the molecule is COc1ccccc1CCC(=O)OCC(=O)NCc1ccccc1Cl. The van der Waals surface area contributed by atoms with Crippen LogP contribution in [0.4, 0.5) is 0 Å². The van der Waals surface area contributed by atoms with Crippen LogP contribution in [0.5, 0.6) is 5.75 Å². The molecule has 0 atom stereocenters. The van der Waals surface area contributed by atoms with E-state index in [1.165, 1.54) is 0 Å². The lowest BCUT2D eigenvalue weighted by atomic mass is 10.1. The maximum Gasteiger partial charge on any atom is 0.306 e. The molecule has 0 aliphatic heterocycles. The smallest absolute Gasteiger partial charge is 0.306 e. The molecule has 132 valence electrons. The zero-order valence-electron chi connectivity index (χ0n) is 14.0.